The molecule has 1 N–H and O–H groups in total. The molecule has 134 valence electrons. The second-order valence-corrected chi connectivity index (χ2v) is 8.47. The average Bonchev–Trinajstić information content (AvgIpc) is 3.15. The van der Waals surface area contributed by atoms with Crippen molar-refractivity contribution in [1.29, 1.82) is 0 Å². The zero-order valence-electron chi connectivity index (χ0n) is 12.6. The molecule has 5 atom stereocenters. The molecular formula is C15H13F3N2O4S. The van der Waals surface area contributed by atoms with E-state index in [-0.39, 0.29) is 18.2 Å². The van der Waals surface area contributed by atoms with Crippen LogP contribution in [0.5, 0.6) is 0 Å². The van der Waals surface area contributed by atoms with Crippen molar-refractivity contribution in [2.45, 2.75) is 36.2 Å². The minimum atomic E-state index is -4.76. The van der Waals surface area contributed by atoms with Crippen LogP contribution < -0.4 is 4.31 Å². The van der Waals surface area contributed by atoms with Gasteiger partial charge in [0.1, 0.15) is 11.4 Å². The van der Waals surface area contributed by atoms with Gasteiger partial charge in [-0.05, 0) is 12.1 Å². The molecule has 0 spiro atoms. The average molecular weight is 374 g/mol. The van der Waals surface area contributed by atoms with Gasteiger partial charge in [-0.3, -0.25) is 4.31 Å². The normalized spacial score (nSPS) is 35.6. The summed E-state index contributed by atoms with van der Waals surface area (Å²) in [6.07, 6.45) is -6.55. The lowest BCUT2D eigenvalue weighted by Gasteiger charge is -2.23. The Hall–Kier alpha value is -1.83. The van der Waals surface area contributed by atoms with Crippen LogP contribution in [0.15, 0.2) is 18.2 Å². The van der Waals surface area contributed by atoms with Crippen LogP contribution in [0.25, 0.3) is 4.85 Å². The number of nitrogens with zero attached hydrogens (tertiary/aromatic N) is 2. The van der Waals surface area contributed by atoms with Gasteiger partial charge < -0.3 is 9.84 Å². The van der Waals surface area contributed by atoms with E-state index in [0.717, 1.165) is 10.4 Å². The molecule has 6 nitrogen and oxygen atoms in total. The molecule has 3 heterocycles. The zero-order valence-corrected chi connectivity index (χ0v) is 13.5. The molecule has 0 radical (unpaired) electrons. The molecule has 0 saturated carbocycles. The standard InChI is InChI=1S/C15H13F3N2O4S/c1-19-10-3-2-7(4-9(10)15(16,17)18)20-6-8-12-5-11(21)13(24-12)14(8)25(20,22)23/h2-4,8,11-14,21H,5-6H2/t8-,11+,12+,13-,14-/m1/s1. The van der Waals surface area contributed by atoms with Crippen molar-refractivity contribution in [1.82, 2.24) is 0 Å². The Morgan fingerprint density at radius 2 is 2.08 bits per heavy atom. The van der Waals surface area contributed by atoms with E-state index in [1.165, 1.54) is 6.07 Å². The molecule has 0 unspecified atom stereocenters. The number of anilines is 1. The third-order valence-corrected chi connectivity index (χ3v) is 7.41. The summed E-state index contributed by atoms with van der Waals surface area (Å²) in [5.74, 6) is -0.381. The highest BCUT2D eigenvalue weighted by atomic mass is 32.2. The summed E-state index contributed by atoms with van der Waals surface area (Å²) in [7, 11) is -3.96. The van der Waals surface area contributed by atoms with Crippen molar-refractivity contribution in [2.75, 3.05) is 10.8 Å². The molecule has 2 bridgehead atoms. The first kappa shape index (κ1) is 16.6. The lowest BCUT2D eigenvalue weighted by Crippen LogP contribution is -2.42. The van der Waals surface area contributed by atoms with E-state index >= 15 is 0 Å². The van der Waals surface area contributed by atoms with Crippen LogP contribution in [0.1, 0.15) is 12.0 Å². The summed E-state index contributed by atoms with van der Waals surface area (Å²) in [6.45, 7) is 6.87. The van der Waals surface area contributed by atoms with Crippen molar-refractivity contribution in [2.24, 2.45) is 5.92 Å². The number of alkyl halides is 3. The fourth-order valence-corrected chi connectivity index (χ4v) is 6.43. The first-order valence-electron chi connectivity index (χ1n) is 7.58. The van der Waals surface area contributed by atoms with Crippen LogP contribution in [0.3, 0.4) is 0 Å². The number of aliphatic hydroxyl groups excluding tert-OH is 1. The summed E-state index contributed by atoms with van der Waals surface area (Å²) in [5, 5.41) is 8.94. The first-order chi connectivity index (χ1) is 11.6. The topological polar surface area (TPSA) is 71.2 Å². The number of sulfonamides is 1. The molecule has 0 amide bonds. The maximum absolute atomic E-state index is 13.1. The largest absolute Gasteiger partial charge is 0.407 e. The number of benzene rings is 1. The van der Waals surface area contributed by atoms with Crippen molar-refractivity contribution in [3.8, 4) is 0 Å². The predicted octanol–water partition coefficient (Wildman–Crippen LogP) is 1.92. The monoisotopic (exact) mass is 374 g/mol. The number of hydrogen-bond donors (Lipinski definition) is 1. The third-order valence-electron chi connectivity index (χ3n) is 5.13. The fraction of sp³-hybridized carbons (Fsp3) is 0.533. The molecule has 3 aliphatic rings. The van der Waals surface area contributed by atoms with Crippen LogP contribution >= 0.6 is 0 Å². The maximum Gasteiger partial charge on any atom is 0.407 e. The fourth-order valence-electron chi connectivity index (χ4n) is 4.06. The Balaban J connectivity index is 1.76. The van der Waals surface area contributed by atoms with Gasteiger partial charge in [-0.25, -0.2) is 13.3 Å². The molecule has 3 aliphatic heterocycles. The number of aliphatic hydroxyl groups is 1. The minimum Gasteiger partial charge on any atom is -0.390 e. The van der Waals surface area contributed by atoms with Crippen LogP contribution in [0, 0.1) is 12.5 Å². The lowest BCUT2D eigenvalue weighted by molar-refractivity contribution is -0.136. The van der Waals surface area contributed by atoms with Crippen LogP contribution in [0.4, 0.5) is 24.5 Å². The molecule has 1 aromatic rings. The van der Waals surface area contributed by atoms with Crippen LogP contribution in [0.2, 0.25) is 0 Å². The molecule has 3 fully saturated rings. The van der Waals surface area contributed by atoms with E-state index in [4.69, 9.17) is 11.3 Å². The summed E-state index contributed by atoms with van der Waals surface area (Å²) >= 11 is 0. The smallest absolute Gasteiger partial charge is 0.390 e. The zero-order chi connectivity index (χ0) is 18.1. The van der Waals surface area contributed by atoms with E-state index in [2.05, 4.69) is 4.85 Å². The van der Waals surface area contributed by atoms with E-state index in [0.29, 0.717) is 12.5 Å². The Labute approximate surface area is 141 Å². The first-order valence-corrected chi connectivity index (χ1v) is 9.08. The third kappa shape index (κ3) is 2.26. The summed E-state index contributed by atoms with van der Waals surface area (Å²) < 4.78 is 71.5. The Morgan fingerprint density at radius 1 is 1.36 bits per heavy atom. The minimum absolute atomic E-state index is 0.00947. The van der Waals surface area contributed by atoms with Gasteiger partial charge in [0.2, 0.25) is 10.0 Å². The van der Waals surface area contributed by atoms with Gasteiger partial charge in [0.25, 0.3) is 0 Å². The van der Waals surface area contributed by atoms with E-state index in [9.17, 15) is 26.7 Å². The molecule has 0 aliphatic carbocycles. The highest BCUT2D eigenvalue weighted by Crippen LogP contribution is 2.49. The molecule has 10 heteroatoms. The number of hydrogen-bond acceptors (Lipinski definition) is 4. The Morgan fingerprint density at radius 3 is 2.72 bits per heavy atom. The second-order valence-electron chi connectivity index (χ2n) is 6.46. The van der Waals surface area contributed by atoms with Crippen molar-refractivity contribution >= 4 is 21.4 Å². The highest BCUT2D eigenvalue weighted by molar-refractivity contribution is 7.93. The molecule has 4 rings (SSSR count). The predicted molar refractivity (Wildman–Crippen MR) is 80.5 cm³/mol. The van der Waals surface area contributed by atoms with Gasteiger partial charge in [-0.2, -0.15) is 13.2 Å². The van der Waals surface area contributed by atoms with Crippen molar-refractivity contribution < 1.29 is 31.4 Å². The maximum atomic E-state index is 13.1. The number of ether oxygens (including phenoxy) is 1. The van der Waals surface area contributed by atoms with Gasteiger partial charge in [0, 0.05) is 24.6 Å². The second kappa shape index (κ2) is 5.09. The molecule has 25 heavy (non-hydrogen) atoms. The van der Waals surface area contributed by atoms with Gasteiger partial charge >= 0.3 is 6.18 Å². The van der Waals surface area contributed by atoms with E-state index < -0.39 is 51.0 Å². The number of rotatable bonds is 1. The lowest BCUT2D eigenvalue weighted by atomic mass is 9.87. The summed E-state index contributed by atoms with van der Waals surface area (Å²) in [6, 6.07) is 2.89. The van der Waals surface area contributed by atoms with E-state index in [1.54, 1.807) is 0 Å². The highest BCUT2D eigenvalue weighted by Gasteiger charge is 2.64. The quantitative estimate of drug-likeness (QED) is 0.763. The Bertz CT molecular complexity index is 880. The van der Waals surface area contributed by atoms with E-state index in [1.807, 2.05) is 0 Å². The number of fused-ring (bicyclic) bond motifs is 5. The molecule has 0 aromatic heterocycles. The Kier molecular flexibility index (Phi) is 3.39. The van der Waals surface area contributed by atoms with Gasteiger partial charge in [-0.15, -0.1) is 0 Å². The van der Waals surface area contributed by atoms with Crippen molar-refractivity contribution in [3.05, 3.63) is 35.2 Å². The van der Waals surface area contributed by atoms with Crippen LogP contribution in [-0.2, 0) is 20.9 Å². The van der Waals surface area contributed by atoms with Gasteiger partial charge in [0.05, 0.1) is 24.3 Å². The van der Waals surface area contributed by atoms with Gasteiger partial charge in [0.15, 0.2) is 5.69 Å². The summed E-state index contributed by atoms with van der Waals surface area (Å²) in [5.41, 5.74) is -1.86. The molecular weight excluding hydrogens is 361 g/mol. The summed E-state index contributed by atoms with van der Waals surface area (Å²) in [4.78, 5) is 2.85. The SMILES string of the molecule is [C-]#[N+]c1ccc(N2C[C@H]3[C@H]([C@@H]4O[C@H]3C[C@@H]4O)S2(=O)=O)cc1C(F)(F)F. The molecule has 1 aromatic carbocycles. The van der Waals surface area contributed by atoms with Gasteiger partial charge in [-0.1, -0.05) is 6.07 Å². The number of halogens is 3. The molecule has 3 saturated heterocycles. The van der Waals surface area contributed by atoms with Crippen LogP contribution in [-0.4, -0.2) is 43.6 Å². The van der Waals surface area contributed by atoms with Crippen molar-refractivity contribution in [3.63, 3.8) is 0 Å².